The van der Waals surface area contributed by atoms with E-state index < -0.39 is 5.97 Å². The molecule has 0 atom stereocenters. The highest BCUT2D eigenvalue weighted by molar-refractivity contribution is 5.91. The number of aromatic nitrogens is 1. The molecule has 1 N–H and O–H groups in total. The first-order valence-electron chi connectivity index (χ1n) is 7.20. The van der Waals surface area contributed by atoms with Crippen LogP contribution in [-0.2, 0) is 9.53 Å². The van der Waals surface area contributed by atoms with Crippen molar-refractivity contribution in [3.8, 4) is 0 Å². The van der Waals surface area contributed by atoms with Gasteiger partial charge in [-0.15, -0.1) is 0 Å². The zero-order chi connectivity index (χ0) is 15.2. The normalized spacial score (nSPS) is 21.6. The second-order valence-corrected chi connectivity index (χ2v) is 5.55. The van der Waals surface area contributed by atoms with Crippen molar-refractivity contribution in [3.63, 3.8) is 0 Å². The number of rotatable bonds is 4. The number of hydrogen-bond donors (Lipinski definition) is 1. The van der Waals surface area contributed by atoms with Gasteiger partial charge in [0.05, 0.1) is 5.56 Å². The summed E-state index contributed by atoms with van der Waals surface area (Å²) in [5.41, 5.74) is 0.251. The molecule has 1 aliphatic rings. The molecule has 6 heteroatoms. The Morgan fingerprint density at radius 2 is 1.90 bits per heavy atom. The molecule has 1 amide bonds. The highest BCUT2D eigenvalue weighted by atomic mass is 16.5. The van der Waals surface area contributed by atoms with Crippen LogP contribution in [0.4, 0.5) is 0 Å². The molecule has 21 heavy (non-hydrogen) atoms. The molecule has 0 bridgehead atoms. The molecular weight excluding hydrogens is 272 g/mol. The van der Waals surface area contributed by atoms with Gasteiger partial charge in [0.1, 0.15) is 0 Å². The monoisotopic (exact) mass is 292 g/mol. The summed E-state index contributed by atoms with van der Waals surface area (Å²) in [5, 5.41) is 13.7. The number of esters is 1. The molecule has 1 aliphatic carbocycles. The maximum atomic E-state index is 11.7. The third kappa shape index (κ3) is 4.73. The number of amides is 1. The van der Waals surface area contributed by atoms with E-state index >= 15 is 0 Å². The van der Waals surface area contributed by atoms with Gasteiger partial charge in [-0.1, -0.05) is 6.92 Å². The van der Waals surface area contributed by atoms with Gasteiger partial charge in [-0.2, -0.15) is 4.73 Å². The number of carbonyl (C=O) groups excluding carboxylic acids is 2. The van der Waals surface area contributed by atoms with Gasteiger partial charge in [0.2, 0.25) is 0 Å². The van der Waals surface area contributed by atoms with E-state index in [1.807, 2.05) is 0 Å². The summed E-state index contributed by atoms with van der Waals surface area (Å²) >= 11 is 0. The van der Waals surface area contributed by atoms with E-state index in [0.717, 1.165) is 31.6 Å². The van der Waals surface area contributed by atoms with Crippen LogP contribution in [0.25, 0.3) is 0 Å². The predicted octanol–water partition coefficient (Wildman–Crippen LogP) is 1.17. The maximum Gasteiger partial charge on any atom is 0.339 e. The third-order valence-corrected chi connectivity index (χ3v) is 3.75. The minimum atomic E-state index is -0.608. The average molecular weight is 292 g/mol. The molecule has 1 aromatic rings. The molecule has 1 aromatic heterocycles. The second-order valence-electron chi connectivity index (χ2n) is 5.55. The van der Waals surface area contributed by atoms with Gasteiger partial charge < -0.3 is 15.3 Å². The Morgan fingerprint density at radius 3 is 2.52 bits per heavy atom. The summed E-state index contributed by atoms with van der Waals surface area (Å²) in [5.74, 6) is -0.168. The minimum absolute atomic E-state index is 0.184. The van der Waals surface area contributed by atoms with E-state index in [2.05, 4.69) is 12.2 Å². The van der Waals surface area contributed by atoms with Crippen LogP contribution >= 0.6 is 0 Å². The van der Waals surface area contributed by atoms with Crippen LogP contribution in [0.3, 0.4) is 0 Å². The summed E-state index contributed by atoms with van der Waals surface area (Å²) < 4.78 is 5.51. The molecular formula is C15H20N2O4. The number of pyridine rings is 1. The fourth-order valence-corrected chi connectivity index (χ4v) is 2.44. The molecule has 114 valence electrons. The number of ether oxygens (including phenoxy) is 1. The van der Waals surface area contributed by atoms with E-state index in [0.29, 0.717) is 4.73 Å². The van der Waals surface area contributed by atoms with E-state index in [1.165, 1.54) is 24.5 Å². The number of nitrogens with zero attached hydrogens (tertiary/aromatic N) is 1. The summed E-state index contributed by atoms with van der Waals surface area (Å²) in [6.45, 7) is 1.92. The van der Waals surface area contributed by atoms with E-state index in [1.54, 1.807) is 0 Å². The largest absolute Gasteiger partial charge is 0.619 e. The molecule has 0 spiro atoms. The second kappa shape index (κ2) is 7.06. The van der Waals surface area contributed by atoms with Gasteiger partial charge in [-0.3, -0.25) is 4.79 Å². The quantitative estimate of drug-likeness (QED) is 0.513. The number of nitrogens with one attached hydrogen (secondary N) is 1. The molecule has 2 rings (SSSR count). The lowest BCUT2D eigenvalue weighted by molar-refractivity contribution is -0.605. The van der Waals surface area contributed by atoms with Crippen LogP contribution in [0.5, 0.6) is 0 Å². The van der Waals surface area contributed by atoms with Crippen molar-refractivity contribution >= 4 is 11.9 Å². The van der Waals surface area contributed by atoms with E-state index in [-0.39, 0.29) is 24.1 Å². The fourth-order valence-electron chi connectivity index (χ4n) is 2.44. The van der Waals surface area contributed by atoms with Crippen molar-refractivity contribution in [2.75, 3.05) is 6.61 Å². The van der Waals surface area contributed by atoms with Gasteiger partial charge >= 0.3 is 5.97 Å². The van der Waals surface area contributed by atoms with Gasteiger partial charge in [-0.25, -0.2) is 4.79 Å². The van der Waals surface area contributed by atoms with Crippen molar-refractivity contribution in [1.29, 1.82) is 0 Å². The summed E-state index contributed by atoms with van der Waals surface area (Å²) in [6.07, 6.45) is 6.60. The van der Waals surface area contributed by atoms with Crippen LogP contribution in [-0.4, -0.2) is 24.5 Å². The Labute approximate surface area is 123 Å². The molecule has 0 saturated heterocycles. The highest BCUT2D eigenvalue weighted by Gasteiger charge is 2.20. The standard InChI is InChI=1S/C15H20N2O4/c1-11-2-4-13(5-3-11)16-14(18)10-21-15(19)12-6-8-17(20)9-7-12/h6-9,11,13H,2-5,10H2,1H3,(H,16,18). The fraction of sp³-hybridized carbons (Fsp3) is 0.533. The molecule has 1 heterocycles. The summed E-state index contributed by atoms with van der Waals surface area (Å²) in [7, 11) is 0. The van der Waals surface area contributed by atoms with Crippen molar-refractivity contribution in [1.82, 2.24) is 5.32 Å². The van der Waals surface area contributed by atoms with Crippen molar-refractivity contribution in [3.05, 3.63) is 35.3 Å². The van der Waals surface area contributed by atoms with E-state index in [4.69, 9.17) is 4.74 Å². The third-order valence-electron chi connectivity index (χ3n) is 3.75. The van der Waals surface area contributed by atoms with Crippen molar-refractivity contribution < 1.29 is 19.1 Å². The van der Waals surface area contributed by atoms with Gasteiger partial charge in [-0.05, 0) is 31.6 Å². The Hall–Kier alpha value is -2.11. The SMILES string of the molecule is CC1CCC(NC(=O)COC(=O)c2cc[n+]([O-])cc2)CC1. The number of carbonyl (C=O) groups is 2. The lowest BCUT2D eigenvalue weighted by Gasteiger charge is -2.26. The zero-order valence-corrected chi connectivity index (χ0v) is 12.1. The Bertz CT molecular complexity index is 493. The smallest absolute Gasteiger partial charge is 0.339 e. The number of hydrogen-bond acceptors (Lipinski definition) is 4. The first kappa shape index (κ1) is 15.3. The zero-order valence-electron chi connectivity index (χ0n) is 12.1. The van der Waals surface area contributed by atoms with Gasteiger partial charge in [0.25, 0.3) is 5.91 Å². The Morgan fingerprint density at radius 1 is 1.29 bits per heavy atom. The summed E-state index contributed by atoms with van der Waals surface area (Å²) in [4.78, 5) is 23.4. The summed E-state index contributed by atoms with van der Waals surface area (Å²) in [6, 6.07) is 2.90. The van der Waals surface area contributed by atoms with Gasteiger partial charge in [0, 0.05) is 18.2 Å². The topological polar surface area (TPSA) is 82.3 Å². The molecule has 1 fully saturated rings. The van der Waals surface area contributed by atoms with Crippen molar-refractivity contribution in [2.45, 2.75) is 38.6 Å². The lowest BCUT2D eigenvalue weighted by atomic mass is 9.87. The highest BCUT2D eigenvalue weighted by Crippen LogP contribution is 2.23. The lowest BCUT2D eigenvalue weighted by Crippen LogP contribution is -2.39. The van der Waals surface area contributed by atoms with Gasteiger partial charge in [0.15, 0.2) is 19.0 Å². The van der Waals surface area contributed by atoms with Crippen LogP contribution in [0.2, 0.25) is 0 Å². The minimum Gasteiger partial charge on any atom is -0.619 e. The Kier molecular flexibility index (Phi) is 5.14. The molecule has 6 nitrogen and oxygen atoms in total. The molecule has 0 unspecified atom stereocenters. The molecule has 0 aromatic carbocycles. The predicted molar refractivity (Wildman–Crippen MR) is 75.2 cm³/mol. The maximum absolute atomic E-state index is 11.7. The Balaban J connectivity index is 1.73. The van der Waals surface area contributed by atoms with Crippen molar-refractivity contribution in [2.24, 2.45) is 5.92 Å². The molecule has 1 saturated carbocycles. The van der Waals surface area contributed by atoms with Crippen LogP contribution in [0, 0.1) is 11.1 Å². The molecule has 0 radical (unpaired) electrons. The first-order valence-corrected chi connectivity index (χ1v) is 7.20. The van der Waals surface area contributed by atoms with Crippen LogP contribution in [0.15, 0.2) is 24.5 Å². The molecule has 0 aliphatic heterocycles. The van der Waals surface area contributed by atoms with Crippen LogP contribution in [0.1, 0.15) is 43.0 Å². The first-order chi connectivity index (χ1) is 10.0. The van der Waals surface area contributed by atoms with E-state index in [9.17, 15) is 14.8 Å². The van der Waals surface area contributed by atoms with Crippen LogP contribution < -0.4 is 10.0 Å². The average Bonchev–Trinajstić information content (AvgIpc) is 2.48.